The van der Waals surface area contributed by atoms with Crippen LogP contribution in [0.25, 0.3) is 0 Å². The Balaban J connectivity index is 2.24. The standard InChI is InChI=1S/C11H15N5O2S/c1-13-19(17,18)10-5-3-2-4-9(10)14-6-8-7-15-16-11(8)12/h2-5,7,13-14H,6H2,1H3,(H3,12,15,16). The van der Waals surface area contributed by atoms with Crippen molar-refractivity contribution in [2.75, 3.05) is 18.1 Å². The molecule has 0 fully saturated rings. The first-order valence-electron chi connectivity index (χ1n) is 5.59. The van der Waals surface area contributed by atoms with Gasteiger partial charge < -0.3 is 11.1 Å². The van der Waals surface area contributed by atoms with Crippen molar-refractivity contribution in [3.63, 3.8) is 0 Å². The summed E-state index contributed by atoms with van der Waals surface area (Å²) in [5.41, 5.74) is 6.95. The summed E-state index contributed by atoms with van der Waals surface area (Å²) in [4.78, 5) is 0.194. The van der Waals surface area contributed by atoms with Crippen molar-refractivity contribution >= 4 is 21.5 Å². The van der Waals surface area contributed by atoms with Gasteiger partial charge in [-0.2, -0.15) is 5.10 Å². The fourth-order valence-electron chi connectivity index (χ4n) is 1.61. The van der Waals surface area contributed by atoms with Crippen LogP contribution >= 0.6 is 0 Å². The minimum Gasteiger partial charge on any atom is -0.384 e. The number of H-pyrrole nitrogens is 1. The number of hydrogen-bond donors (Lipinski definition) is 4. The zero-order valence-corrected chi connectivity index (χ0v) is 11.2. The van der Waals surface area contributed by atoms with Crippen LogP contribution in [-0.2, 0) is 16.6 Å². The maximum atomic E-state index is 11.9. The molecule has 0 atom stereocenters. The van der Waals surface area contributed by atoms with Gasteiger partial charge in [-0.1, -0.05) is 12.1 Å². The summed E-state index contributed by atoms with van der Waals surface area (Å²) in [5, 5.41) is 9.46. The highest BCUT2D eigenvalue weighted by Crippen LogP contribution is 2.21. The van der Waals surface area contributed by atoms with Gasteiger partial charge in [-0.15, -0.1) is 0 Å². The Bertz CT molecular complexity index is 665. The van der Waals surface area contributed by atoms with Crippen LogP contribution in [0, 0.1) is 0 Å². The van der Waals surface area contributed by atoms with E-state index in [9.17, 15) is 8.42 Å². The van der Waals surface area contributed by atoms with Crippen LogP contribution in [-0.4, -0.2) is 25.7 Å². The van der Waals surface area contributed by atoms with Gasteiger partial charge in [0, 0.05) is 12.1 Å². The third-order valence-electron chi connectivity index (χ3n) is 2.67. The van der Waals surface area contributed by atoms with E-state index in [4.69, 9.17) is 5.73 Å². The van der Waals surface area contributed by atoms with Crippen molar-refractivity contribution < 1.29 is 8.42 Å². The smallest absolute Gasteiger partial charge is 0.242 e. The Kier molecular flexibility index (Phi) is 3.72. The normalized spacial score (nSPS) is 11.4. The first-order valence-corrected chi connectivity index (χ1v) is 7.07. The van der Waals surface area contributed by atoms with Gasteiger partial charge in [-0.25, -0.2) is 13.1 Å². The maximum Gasteiger partial charge on any atom is 0.242 e. The average Bonchev–Trinajstić information content (AvgIpc) is 2.82. The van der Waals surface area contributed by atoms with Crippen molar-refractivity contribution in [2.24, 2.45) is 0 Å². The third-order valence-corrected chi connectivity index (χ3v) is 4.14. The first-order chi connectivity index (χ1) is 9.04. The molecule has 7 nitrogen and oxygen atoms in total. The molecule has 0 bridgehead atoms. The lowest BCUT2D eigenvalue weighted by atomic mass is 10.3. The summed E-state index contributed by atoms with van der Waals surface area (Å²) in [7, 11) is -2.12. The molecule has 0 saturated carbocycles. The summed E-state index contributed by atoms with van der Waals surface area (Å²) in [5.74, 6) is 0.460. The highest BCUT2D eigenvalue weighted by molar-refractivity contribution is 7.89. The Morgan fingerprint density at radius 1 is 1.37 bits per heavy atom. The molecule has 1 aromatic heterocycles. The van der Waals surface area contributed by atoms with E-state index in [0.717, 1.165) is 5.56 Å². The molecular weight excluding hydrogens is 266 g/mol. The van der Waals surface area contributed by atoms with Gasteiger partial charge in [0.2, 0.25) is 10.0 Å². The third kappa shape index (κ3) is 2.85. The topological polar surface area (TPSA) is 113 Å². The molecule has 0 unspecified atom stereocenters. The van der Waals surface area contributed by atoms with Crippen LogP contribution in [0.15, 0.2) is 35.4 Å². The molecular formula is C11H15N5O2S. The molecule has 0 saturated heterocycles. The minimum atomic E-state index is -3.50. The molecule has 0 amide bonds. The van der Waals surface area contributed by atoms with Crippen molar-refractivity contribution in [1.82, 2.24) is 14.9 Å². The molecule has 0 aliphatic heterocycles. The first kappa shape index (κ1) is 13.4. The molecule has 102 valence electrons. The van der Waals surface area contributed by atoms with Gasteiger partial charge in [-0.3, -0.25) is 5.10 Å². The second-order valence-corrected chi connectivity index (χ2v) is 5.72. The number of anilines is 2. The highest BCUT2D eigenvalue weighted by Gasteiger charge is 2.15. The quantitative estimate of drug-likeness (QED) is 0.638. The lowest BCUT2D eigenvalue weighted by Gasteiger charge is -2.11. The predicted molar refractivity (Wildman–Crippen MR) is 73.0 cm³/mol. The van der Waals surface area contributed by atoms with E-state index in [-0.39, 0.29) is 4.90 Å². The zero-order valence-electron chi connectivity index (χ0n) is 10.3. The monoisotopic (exact) mass is 281 g/mol. The van der Waals surface area contributed by atoms with E-state index in [0.29, 0.717) is 18.1 Å². The van der Waals surface area contributed by atoms with E-state index in [2.05, 4.69) is 20.2 Å². The Morgan fingerprint density at radius 3 is 2.74 bits per heavy atom. The summed E-state index contributed by atoms with van der Waals surface area (Å²) in [6, 6.07) is 6.66. The van der Waals surface area contributed by atoms with Gasteiger partial charge in [0.15, 0.2) is 0 Å². The molecule has 8 heteroatoms. The van der Waals surface area contributed by atoms with Crippen molar-refractivity contribution in [2.45, 2.75) is 11.4 Å². The molecule has 0 aliphatic rings. The van der Waals surface area contributed by atoms with Crippen LogP contribution < -0.4 is 15.8 Å². The van der Waals surface area contributed by atoms with Crippen LogP contribution in [0.3, 0.4) is 0 Å². The zero-order chi connectivity index (χ0) is 13.9. The van der Waals surface area contributed by atoms with Gasteiger partial charge >= 0.3 is 0 Å². The summed E-state index contributed by atoms with van der Waals surface area (Å²) in [6.45, 7) is 0.387. The molecule has 2 rings (SSSR count). The number of nitrogens with zero attached hydrogens (tertiary/aromatic N) is 1. The van der Waals surface area contributed by atoms with Crippen LogP contribution in [0.2, 0.25) is 0 Å². The largest absolute Gasteiger partial charge is 0.384 e. The molecule has 5 N–H and O–H groups in total. The summed E-state index contributed by atoms with van der Waals surface area (Å²) in [6.07, 6.45) is 1.59. The lowest BCUT2D eigenvalue weighted by molar-refractivity contribution is 0.588. The van der Waals surface area contributed by atoms with E-state index < -0.39 is 10.0 Å². The molecule has 0 aliphatic carbocycles. The summed E-state index contributed by atoms with van der Waals surface area (Å²) >= 11 is 0. The van der Waals surface area contributed by atoms with Crippen LogP contribution in [0.4, 0.5) is 11.5 Å². The van der Waals surface area contributed by atoms with Gasteiger partial charge in [-0.05, 0) is 19.2 Å². The fourth-order valence-corrected chi connectivity index (χ4v) is 2.52. The van der Waals surface area contributed by atoms with Gasteiger partial charge in [0.1, 0.15) is 10.7 Å². The average molecular weight is 281 g/mol. The van der Waals surface area contributed by atoms with E-state index in [1.807, 2.05) is 0 Å². The summed E-state index contributed by atoms with van der Waals surface area (Å²) < 4.78 is 26.0. The van der Waals surface area contributed by atoms with Gasteiger partial charge in [0.05, 0.1) is 11.9 Å². The van der Waals surface area contributed by atoms with E-state index >= 15 is 0 Å². The second kappa shape index (κ2) is 5.29. The van der Waals surface area contributed by atoms with Crippen molar-refractivity contribution in [3.05, 3.63) is 36.0 Å². The molecule has 2 aromatic rings. The van der Waals surface area contributed by atoms with Gasteiger partial charge in [0.25, 0.3) is 0 Å². The number of hydrogen-bond acceptors (Lipinski definition) is 5. The van der Waals surface area contributed by atoms with Crippen LogP contribution in [0.5, 0.6) is 0 Å². The fraction of sp³-hybridized carbons (Fsp3) is 0.182. The maximum absolute atomic E-state index is 11.9. The molecule has 0 radical (unpaired) electrons. The van der Waals surface area contributed by atoms with E-state index in [1.54, 1.807) is 24.4 Å². The Morgan fingerprint density at radius 2 is 2.11 bits per heavy atom. The number of aromatic nitrogens is 2. The number of nitrogens with one attached hydrogen (secondary N) is 3. The van der Waals surface area contributed by atoms with E-state index in [1.165, 1.54) is 13.1 Å². The van der Waals surface area contributed by atoms with Crippen molar-refractivity contribution in [3.8, 4) is 0 Å². The van der Waals surface area contributed by atoms with Crippen molar-refractivity contribution in [1.29, 1.82) is 0 Å². The highest BCUT2D eigenvalue weighted by atomic mass is 32.2. The number of sulfonamides is 1. The second-order valence-electron chi connectivity index (χ2n) is 3.87. The number of rotatable bonds is 5. The molecule has 19 heavy (non-hydrogen) atoms. The predicted octanol–water partition coefficient (Wildman–Crippen LogP) is 0.512. The molecule has 0 spiro atoms. The lowest BCUT2D eigenvalue weighted by Crippen LogP contribution is -2.20. The minimum absolute atomic E-state index is 0.194. The number of aromatic amines is 1. The van der Waals surface area contributed by atoms with Crippen LogP contribution in [0.1, 0.15) is 5.56 Å². The molecule has 1 heterocycles. The number of benzene rings is 1. The number of nitrogen functional groups attached to an aromatic ring is 1. The Labute approximate surface area is 111 Å². The molecule has 1 aromatic carbocycles. The SMILES string of the molecule is CNS(=O)(=O)c1ccccc1NCc1cn[nH]c1N. The number of para-hydroxylation sites is 1. The Hall–Kier alpha value is -2.06. The number of nitrogens with two attached hydrogens (primary N) is 1.